The highest BCUT2D eigenvalue weighted by Gasteiger charge is 2.28. The summed E-state index contributed by atoms with van der Waals surface area (Å²) in [5, 5.41) is 1.63. The SMILES string of the molecule is CC1CCc2nc3ccccc3c(C(=O)OCC(=O)c3c(-c4ccccc4)n(C)c4ccccc34)c2C1. The van der Waals surface area contributed by atoms with Crippen molar-refractivity contribution in [3.8, 4) is 11.3 Å². The fraction of sp³-hybridized carbons (Fsp3) is 0.219. The summed E-state index contributed by atoms with van der Waals surface area (Å²) < 4.78 is 7.81. The molecule has 0 aliphatic heterocycles. The molecule has 0 amide bonds. The maximum atomic E-state index is 13.7. The van der Waals surface area contributed by atoms with Crippen molar-refractivity contribution in [2.75, 3.05) is 6.61 Å². The second-order valence-corrected chi connectivity index (χ2v) is 9.94. The quantitative estimate of drug-likeness (QED) is 0.208. The van der Waals surface area contributed by atoms with Crippen LogP contribution in [0.5, 0.6) is 0 Å². The highest BCUT2D eigenvalue weighted by atomic mass is 16.5. The normalized spacial score (nSPS) is 15.0. The van der Waals surface area contributed by atoms with Gasteiger partial charge in [-0.1, -0.05) is 73.7 Å². The molecule has 0 spiro atoms. The molecule has 184 valence electrons. The van der Waals surface area contributed by atoms with E-state index in [1.165, 1.54) is 0 Å². The number of carbonyl (C=O) groups is 2. The summed E-state index contributed by atoms with van der Waals surface area (Å²) in [4.78, 5) is 32.1. The van der Waals surface area contributed by atoms with E-state index in [9.17, 15) is 9.59 Å². The van der Waals surface area contributed by atoms with E-state index in [0.717, 1.165) is 63.6 Å². The van der Waals surface area contributed by atoms with Crippen molar-refractivity contribution >= 4 is 33.6 Å². The Morgan fingerprint density at radius 2 is 1.62 bits per heavy atom. The Bertz CT molecular complexity index is 1670. The lowest BCUT2D eigenvalue weighted by atomic mass is 9.84. The van der Waals surface area contributed by atoms with Crippen LogP contribution in [0.3, 0.4) is 0 Å². The van der Waals surface area contributed by atoms with Crippen LogP contribution in [-0.4, -0.2) is 27.9 Å². The topological polar surface area (TPSA) is 61.2 Å². The van der Waals surface area contributed by atoms with Crippen LogP contribution in [0.15, 0.2) is 78.9 Å². The lowest BCUT2D eigenvalue weighted by Crippen LogP contribution is -2.21. The largest absolute Gasteiger partial charge is 0.454 e. The first-order chi connectivity index (χ1) is 18.0. The lowest BCUT2D eigenvalue weighted by molar-refractivity contribution is 0.0475. The van der Waals surface area contributed by atoms with Gasteiger partial charge in [0.15, 0.2) is 6.61 Å². The monoisotopic (exact) mass is 488 g/mol. The Morgan fingerprint density at radius 1 is 0.919 bits per heavy atom. The molecule has 6 rings (SSSR count). The minimum atomic E-state index is -0.459. The fourth-order valence-electron chi connectivity index (χ4n) is 5.68. The molecule has 1 atom stereocenters. The summed E-state index contributed by atoms with van der Waals surface area (Å²) in [6, 6.07) is 25.4. The van der Waals surface area contributed by atoms with Crippen molar-refractivity contribution in [1.82, 2.24) is 9.55 Å². The van der Waals surface area contributed by atoms with E-state index >= 15 is 0 Å². The molecule has 2 aromatic heterocycles. The summed E-state index contributed by atoms with van der Waals surface area (Å²) in [7, 11) is 1.96. The molecule has 0 radical (unpaired) electrons. The van der Waals surface area contributed by atoms with E-state index in [0.29, 0.717) is 17.0 Å². The Balaban J connectivity index is 1.38. The number of esters is 1. The molecule has 0 saturated heterocycles. The van der Waals surface area contributed by atoms with Crippen LogP contribution in [0.4, 0.5) is 0 Å². The van der Waals surface area contributed by atoms with Crippen LogP contribution in [0.2, 0.25) is 0 Å². The van der Waals surface area contributed by atoms with E-state index in [-0.39, 0.29) is 12.4 Å². The zero-order valence-corrected chi connectivity index (χ0v) is 21.0. The van der Waals surface area contributed by atoms with E-state index in [1.54, 1.807) is 0 Å². The van der Waals surface area contributed by atoms with Gasteiger partial charge >= 0.3 is 5.97 Å². The molecule has 5 heteroatoms. The minimum absolute atomic E-state index is 0.218. The highest BCUT2D eigenvalue weighted by Crippen LogP contribution is 2.34. The number of hydrogen-bond donors (Lipinski definition) is 0. The van der Waals surface area contributed by atoms with Crippen molar-refractivity contribution in [2.24, 2.45) is 13.0 Å². The van der Waals surface area contributed by atoms with Gasteiger partial charge in [-0.15, -0.1) is 0 Å². The summed E-state index contributed by atoms with van der Waals surface area (Å²) in [5.74, 6) is -0.212. The van der Waals surface area contributed by atoms with E-state index in [2.05, 4.69) is 6.92 Å². The van der Waals surface area contributed by atoms with Crippen LogP contribution >= 0.6 is 0 Å². The maximum absolute atomic E-state index is 13.7. The number of Topliss-reactive ketones (excluding diaryl/α,β-unsaturated/α-hetero) is 1. The number of aromatic nitrogens is 2. The molecule has 0 fully saturated rings. The van der Waals surface area contributed by atoms with Crippen LogP contribution in [0, 0.1) is 5.92 Å². The third-order valence-corrected chi connectivity index (χ3v) is 7.48. The van der Waals surface area contributed by atoms with Crippen molar-refractivity contribution < 1.29 is 14.3 Å². The Kier molecular flexibility index (Phi) is 5.84. The first-order valence-corrected chi connectivity index (χ1v) is 12.8. The average molecular weight is 489 g/mol. The first kappa shape index (κ1) is 23.2. The van der Waals surface area contributed by atoms with Crippen LogP contribution in [-0.2, 0) is 24.6 Å². The number of fused-ring (bicyclic) bond motifs is 3. The Labute approximate surface area is 215 Å². The number of pyridine rings is 1. The second-order valence-electron chi connectivity index (χ2n) is 9.94. The predicted molar refractivity (Wildman–Crippen MR) is 146 cm³/mol. The highest BCUT2D eigenvalue weighted by molar-refractivity contribution is 6.15. The van der Waals surface area contributed by atoms with Gasteiger partial charge in [-0.05, 0) is 48.4 Å². The number of para-hydroxylation sites is 2. The van der Waals surface area contributed by atoms with Crippen LogP contribution < -0.4 is 0 Å². The maximum Gasteiger partial charge on any atom is 0.339 e. The lowest BCUT2D eigenvalue weighted by Gasteiger charge is -2.24. The molecule has 1 aliphatic carbocycles. The number of nitrogens with zero attached hydrogens (tertiary/aromatic N) is 2. The van der Waals surface area contributed by atoms with Crippen LogP contribution in [0.25, 0.3) is 33.1 Å². The average Bonchev–Trinajstić information content (AvgIpc) is 3.23. The molecule has 37 heavy (non-hydrogen) atoms. The molecular formula is C32H28N2O3. The minimum Gasteiger partial charge on any atom is -0.454 e. The Morgan fingerprint density at radius 3 is 2.43 bits per heavy atom. The molecule has 0 bridgehead atoms. The number of aryl methyl sites for hydroxylation is 2. The molecule has 5 aromatic rings. The first-order valence-electron chi connectivity index (χ1n) is 12.8. The van der Waals surface area contributed by atoms with E-state index in [4.69, 9.17) is 9.72 Å². The standard InChI is InChI=1S/C32H28N2O3/c1-20-16-17-26-24(18-20)29(22-12-6-8-14-25(22)33-26)32(36)37-19-28(35)30-23-13-7-9-15-27(23)34(2)31(30)21-10-4-3-5-11-21/h3-15,20H,16-19H2,1-2H3. The number of carbonyl (C=O) groups excluding carboxylic acids is 2. The van der Waals surface area contributed by atoms with Gasteiger partial charge in [0, 0.05) is 29.0 Å². The van der Waals surface area contributed by atoms with Crippen LogP contribution in [0.1, 0.15) is 45.3 Å². The van der Waals surface area contributed by atoms with Crippen molar-refractivity contribution in [3.05, 3.63) is 101 Å². The number of ether oxygens (including phenoxy) is 1. The molecule has 1 unspecified atom stereocenters. The second kappa shape index (κ2) is 9.32. The molecular weight excluding hydrogens is 460 g/mol. The third-order valence-electron chi connectivity index (χ3n) is 7.48. The smallest absolute Gasteiger partial charge is 0.339 e. The molecule has 3 aromatic carbocycles. The van der Waals surface area contributed by atoms with Gasteiger partial charge in [-0.25, -0.2) is 4.79 Å². The summed E-state index contributed by atoms with van der Waals surface area (Å²) in [5.41, 5.74) is 6.57. The van der Waals surface area contributed by atoms with Gasteiger partial charge in [0.05, 0.1) is 22.3 Å². The van der Waals surface area contributed by atoms with E-state index < -0.39 is 5.97 Å². The van der Waals surface area contributed by atoms with E-state index in [1.807, 2.05) is 90.5 Å². The molecule has 5 nitrogen and oxygen atoms in total. The zero-order chi connectivity index (χ0) is 25.5. The number of benzene rings is 3. The Hall–Kier alpha value is -4.25. The number of hydrogen-bond acceptors (Lipinski definition) is 4. The zero-order valence-electron chi connectivity index (χ0n) is 21.0. The molecule has 0 saturated carbocycles. The molecule has 2 heterocycles. The van der Waals surface area contributed by atoms with Crippen molar-refractivity contribution in [1.29, 1.82) is 0 Å². The number of ketones is 1. The molecule has 0 N–H and O–H groups in total. The number of rotatable bonds is 5. The summed E-state index contributed by atoms with van der Waals surface area (Å²) in [6.45, 7) is 1.87. The predicted octanol–water partition coefficient (Wildman–Crippen LogP) is 6.56. The fourth-order valence-corrected chi connectivity index (χ4v) is 5.68. The van der Waals surface area contributed by atoms with Crippen molar-refractivity contribution in [2.45, 2.75) is 26.2 Å². The molecule has 1 aliphatic rings. The van der Waals surface area contributed by atoms with Gasteiger partial charge in [-0.2, -0.15) is 0 Å². The van der Waals surface area contributed by atoms with Gasteiger partial charge in [0.2, 0.25) is 5.78 Å². The third kappa shape index (κ3) is 4.01. The van der Waals surface area contributed by atoms with Gasteiger partial charge < -0.3 is 9.30 Å². The van der Waals surface area contributed by atoms with Crippen molar-refractivity contribution in [3.63, 3.8) is 0 Å². The van der Waals surface area contributed by atoms with Gasteiger partial charge in [0.25, 0.3) is 0 Å². The summed E-state index contributed by atoms with van der Waals surface area (Å²) >= 11 is 0. The van der Waals surface area contributed by atoms with Gasteiger partial charge in [-0.3, -0.25) is 9.78 Å². The summed E-state index contributed by atoms with van der Waals surface area (Å²) in [6.07, 6.45) is 2.68. The van der Waals surface area contributed by atoms with Gasteiger partial charge in [0.1, 0.15) is 0 Å².